The van der Waals surface area contributed by atoms with E-state index in [-0.39, 0.29) is 24.7 Å². The fraction of sp³-hybridized carbons (Fsp3) is 0.308. The average molecular weight is 296 g/mol. The van der Waals surface area contributed by atoms with E-state index in [9.17, 15) is 14.4 Å². The molecule has 2 amide bonds. The van der Waals surface area contributed by atoms with Crippen molar-refractivity contribution in [3.05, 3.63) is 23.8 Å². The van der Waals surface area contributed by atoms with E-state index in [1.54, 1.807) is 0 Å². The fourth-order valence-electron chi connectivity index (χ4n) is 1.41. The van der Waals surface area contributed by atoms with Crippen LogP contribution in [0.4, 0.5) is 0 Å². The number of primary amides is 1. The Hall–Kier alpha value is -2.77. The number of carbonyl (C=O) groups excluding carboxylic acids is 3. The van der Waals surface area contributed by atoms with Crippen molar-refractivity contribution in [1.29, 1.82) is 0 Å². The molecule has 1 aromatic rings. The number of nitrogens with one attached hydrogen (secondary N) is 1. The Bertz CT molecular complexity index is 543. The van der Waals surface area contributed by atoms with Gasteiger partial charge in [0.2, 0.25) is 5.91 Å². The highest BCUT2D eigenvalue weighted by Gasteiger charge is 2.12. The summed E-state index contributed by atoms with van der Waals surface area (Å²) in [6, 6.07) is 4.39. The Morgan fingerprint density at radius 2 is 1.90 bits per heavy atom. The lowest BCUT2D eigenvalue weighted by molar-refractivity contribution is -0.126. The number of amides is 2. The van der Waals surface area contributed by atoms with Gasteiger partial charge in [0.05, 0.1) is 26.3 Å². The molecule has 0 unspecified atom stereocenters. The Morgan fingerprint density at radius 1 is 1.19 bits per heavy atom. The summed E-state index contributed by atoms with van der Waals surface area (Å²) >= 11 is 0. The number of carbonyl (C=O) groups is 3. The lowest BCUT2D eigenvalue weighted by Gasteiger charge is -2.11. The molecular formula is C13H16N2O6. The number of rotatable bonds is 7. The lowest BCUT2D eigenvalue weighted by Crippen LogP contribution is -2.36. The van der Waals surface area contributed by atoms with Crippen LogP contribution in [0, 0.1) is 0 Å². The third kappa shape index (κ3) is 5.01. The van der Waals surface area contributed by atoms with Gasteiger partial charge < -0.3 is 25.3 Å². The molecule has 0 aliphatic heterocycles. The number of hydrogen-bond acceptors (Lipinski definition) is 6. The zero-order chi connectivity index (χ0) is 15.8. The molecule has 0 saturated heterocycles. The molecule has 0 aromatic heterocycles. The second-order valence-corrected chi connectivity index (χ2v) is 3.89. The van der Waals surface area contributed by atoms with Crippen molar-refractivity contribution in [2.75, 3.05) is 27.4 Å². The Kier molecular flexibility index (Phi) is 5.99. The van der Waals surface area contributed by atoms with Crippen LogP contribution in [0.1, 0.15) is 10.4 Å². The van der Waals surface area contributed by atoms with Gasteiger partial charge in [-0.2, -0.15) is 0 Å². The van der Waals surface area contributed by atoms with Crippen LogP contribution in [0.2, 0.25) is 0 Å². The Labute approximate surface area is 121 Å². The first-order chi connectivity index (χ1) is 9.97. The molecule has 8 nitrogen and oxygen atoms in total. The summed E-state index contributed by atoms with van der Waals surface area (Å²) in [5, 5.41) is 2.28. The highest BCUT2D eigenvalue weighted by atomic mass is 16.5. The fourth-order valence-corrected chi connectivity index (χ4v) is 1.41. The number of nitrogens with two attached hydrogens (primary N) is 1. The zero-order valence-corrected chi connectivity index (χ0v) is 11.7. The molecule has 1 rings (SSSR count). The van der Waals surface area contributed by atoms with Gasteiger partial charge in [0.25, 0.3) is 5.91 Å². The maximum absolute atomic E-state index is 11.4. The largest absolute Gasteiger partial charge is 0.493 e. The molecule has 1 aromatic carbocycles. The second kappa shape index (κ2) is 7.73. The molecule has 0 heterocycles. The maximum Gasteiger partial charge on any atom is 0.337 e. The molecule has 3 N–H and O–H groups in total. The number of benzene rings is 1. The van der Waals surface area contributed by atoms with Gasteiger partial charge in [-0.05, 0) is 18.2 Å². The molecule has 0 radical (unpaired) electrons. The van der Waals surface area contributed by atoms with Crippen molar-refractivity contribution in [3.8, 4) is 11.5 Å². The molecule has 0 saturated carbocycles. The average Bonchev–Trinajstić information content (AvgIpc) is 2.49. The van der Waals surface area contributed by atoms with E-state index in [1.807, 2.05) is 0 Å². The van der Waals surface area contributed by atoms with Gasteiger partial charge in [-0.1, -0.05) is 0 Å². The smallest absolute Gasteiger partial charge is 0.337 e. The van der Waals surface area contributed by atoms with Gasteiger partial charge in [0.15, 0.2) is 18.1 Å². The van der Waals surface area contributed by atoms with Gasteiger partial charge in [-0.3, -0.25) is 9.59 Å². The third-order valence-electron chi connectivity index (χ3n) is 2.40. The van der Waals surface area contributed by atoms with Crippen molar-refractivity contribution in [2.45, 2.75) is 0 Å². The molecular weight excluding hydrogens is 280 g/mol. The van der Waals surface area contributed by atoms with Crippen molar-refractivity contribution in [1.82, 2.24) is 5.32 Å². The van der Waals surface area contributed by atoms with E-state index in [2.05, 4.69) is 10.1 Å². The normalized spacial score (nSPS) is 9.62. The van der Waals surface area contributed by atoms with E-state index in [0.717, 1.165) is 0 Å². The minimum absolute atomic E-state index is 0.263. The van der Waals surface area contributed by atoms with Gasteiger partial charge in [-0.25, -0.2) is 4.79 Å². The number of ether oxygens (including phenoxy) is 3. The van der Waals surface area contributed by atoms with Gasteiger partial charge >= 0.3 is 5.97 Å². The molecule has 0 fully saturated rings. The minimum Gasteiger partial charge on any atom is -0.493 e. The molecule has 8 heteroatoms. The van der Waals surface area contributed by atoms with E-state index in [0.29, 0.717) is 5.56 Å². The summed E-state index contributed by atoms with van der Waals surface area (Å²) < 4.78 is 14.9. The van der Waals surface area contributed by atoms with E-state index in [4.69, 9.17) is 15.2 Å². The number of methoxy groups -OCH3 is 2. The number of hydrogen-bond donors (Lipinski definition) is 2. The standard InChI is InChI=1S/C13H16N2O6/c1-19-10-5-8(13(18)20-2)3-4-9(10)21-7-12(17)15-6-11(14)16/h3-5H,6-7H2,1-2H3,(H2,14,16)(H,15,17). The Balaban J connectivity index is 2.68. The van der Waals surface area contributed by atoms with Gasteiger partial charge in [-0.15, -0.1) is 0 Å². The molecule has 0 aliphatic rings. The SMILES string of the molecule is COC(=O)c1ccc(OCC(=O)NCC(N)=O)c(OC)c1. The highest BCUT2D eigenvalue weighted by Crippen LogP contribution is 2.28. The van der Waals surface area contributed by atoms with Crippen LogP contribution in [0.5, 0.6) is 11.5 Å². The molecule has 0 aliphatic carbocycles. The summed E-state index contributed by atoms with van der Waals surface area (Å²) in [6.07, 6.45) is 0. The van der Waals surface area contributed by atoms with Crippen LogP contribution >= 0.6 is 0 Å². The summed E-state index contributed by atoms with van der Waals surface area (Å²) in [7, 11) is 2.67. The zero-order valence-electron chi connectivity index (χ0n) is 11.7. The number of esters is 1. The van der Waals surface area contributed by atoms with E-state index >= 15 is 0 Å². The maximum atomic E-state index is 11.4. The van der Waals surface area contributed by atoms with Gasteiger partial charge in [0.1, 0.15) is 0 Å². The van der Waals surface area contributed by atoms with Gasteiger partial charge in [0, 0.05) is 0 Å². The first-order valence-electron chi connectivity index (χ1n) is 5.92. The lowest BCUT2D eigenvalue weighted by atomic mass is 10.2. The van der Waals surface area contributed by atoms with Crippen LogP contribution in [0.3, 0.4) is 0 Å². The molecule has 0 bridgehead atoms. The van der Waals surface area contributed by atoms with Crippen molar-refractivity contribution in [3.63, 3.8) is 0 Å². The predicted octanol–water partition coefficient (Wildman–Crippen LogP) is -0.538. The quantitative estimate of drug-likeness (QED) is 0.653. The van der Waals surface area contributed by atoms with Crippen molar-refractivity contribution >= 4 is 17.8 Å². The van der Waals surface area contributed by atoms with Crippen LogP contribution in [-0.4, -0.2) is 45.2 Å². The Morgan fingerprint density at radius 3 is 2.48 bits per heavy atom. The third-order valence-corrected chi connectivity index (χ3v) is 2.40. The molecule has 0 spiro atoms. The molecule has 0 atom stereocenters. The van der Waals surface area contributed by atoms with E-state index < -0.39 is 17.8 Å². The minimum atomic E-state index is -0.650. The first kappa shape index (κ1) is 16.3. The summed E-state index contributed by atoms with van der Waals surface area (Å²) in [6.45, 7) is -0.582. The van der Waals surface area contributed by atoms with Crippen LogP contribution in [0.15, 0.2) is 18.2 Å². The summed E-state index contributed by atoms with van der Waals surface area (Å²) in [5.74, 6) is -1.12. The summed E-state index contributed by atoms with van der Waals surface area (Å²) in [5.41, 5.74) is 5.19. The van der Waals surface area contributed by atoms with Crippen molar-refractivity contribution in [2.24, 2.45) is 5.73 Å². The van der Waals surface area contributed by atoms with Crippen LogP contribution in [0.25, 0.3) is 0 Å². The van der Waals surface area contributed by atoms with E-state index in [1.165, 1.54) is 32.4 Å². The predicted molar refractivity (Wildman–Crippen MR) is 72.0 cm³/mol. The summed E-state index contributed by atoms with van der Waals surface area (Å²) in [4.78, 5) is 33.3. The van der Waals surface area contributed by atoms with Crippen LogP contribution in [-0.2, 0) is 14.3 Å². The highest BCUT2D eigenvalue weighted by molar-refractivity contribution is 5.90. The molecule has 21 heavy (non-hydrogen) atoms. The molecule has 114 valence electrons. The van der Waals surface area contributed by atoms with Crippen molar-refractivity contribution < 1.29 is 28.6 Å². The second-order valence-electron chi connectivity index (χ2n) is 3.89. The van der Waals surface area contributed by atoms with Crippen LogP contribution < -0.4 is 20.5 Å². The first-order valence-corrected chi connectivity index (χ1v) is 5.92. The monoisotopic (exact) mass is 296 g/mol. The topological polar surface area (TPSA) is 117 Å².